The fraction of sp³-hybridized carbons (Fsp3) is 0.462. The van der Waals surface area contributed by atoms with E-state index in [0.29, 0.717) is 18.2 Å². The lowest BCUT2D eigenvalue weighted by Crippen LogP contribution is -2.40. The Labute approximate surface area is 117 Å². The number of hydrogen-bond donors (Lipinski definition) is 2. The van der Waals surface area contributed by atoms with E-state index in [1.807, 2.05) is 0 Å². The number of nitrogens with two attached hydrogens (primary N) is 1. The van der Waals surface area contributed by atoms with Crippen LogP contribution >= 0.6 is 12.4 Å². The molecule has 1 aromatic rings. The highest BCUT2D eigenvalue weighted by Gasteiger charge is 2.28. The van der Waals surface area contributed by atoms with Crippen LogP contribution in [-0.4, -0.2) is 25.1 Å². The third-order valence-electron chi connectivity index (χ3n) is 2.93. The van der Waals surface area contributed by atoms with Crippen LogP contribution in [-0.2, 0) is 4.79 Å². The molecule has 3 N–H and O–H groups in total. The Kier molecular flexibility index (Phi) is 6.05. The van der Waals surface area contributed by atoms with Gasteiger partial charge in [-0.15, -0.1) is 12.4 Å². The lowest BCUT2D eigenvalue weighted by atomic mass is 10.2. The molecule has 1 amide bonds. The van der Waals surface area contributed by atoms with Crippen molar-refractivity contribution >= 4 is 18.3 Å². The second kappa shape index (κ2) is 7.31. The predicted octanol–water partition coefficient (Wildman–Crippen LogP) is 1.48. The summed E-state index contributed by atoms with van der Waals surface area (Å²) in [6, 6.07) is 5.73. The normalized spacial score (nSPS) is 15.3. The number of carbonyl (C=O) groups excluding carboxylic acids is 1. The average molecular weight is 289 g/mol. The lowest BCUT2D eigenvalue weighted by molar-refractivity contribution is -0.123. The van der Waals surface area contributed by atoms with E-state index in [-0.39, 0.29) is 36.8 Å². The topological polar surface area (TPSA) is 64.3 Å². The van der Waals surface area contributed by atoms with Crippen LogP contribution in [0.2, 0.25) is 0 Å². The van der Waals surface area contributed by atoms with Crippen molar-refractivity contribution in [2.24, 2.45) is 11.7 Å². The van der Waals surface area contributed by atoms with Crippen LogP contribution in [0, 0.1) is 11.7 Å². The Morgan fingerprint density at radius 3 is 2.89 bits per heavy atom. The van der Waals surface area contributed by atoms with E-state index < -0.39 is 0 Å². The zero-order valence-corrected chi connectivity index (χ0v) is 11.3. The van der Waals surface area contributed by atoms with E-state index in [0.717, 1.165) is 12.8 Å². The van der Waals surface area contributed by atoms with Crippen molar-refractivity contribution in [2.75, 3.05) is 13.2 Å². The molecule has 1 atom stereocenters. The zero-order valence-electron chi connectivity index (χ0n) is 10.5. The molecule has 0 aliphatic heterocycles. The number of benzene rings is 1. The van der Waals surface area contributed by atoms with Gasteiger partial charge in [0.25, 0.3) is 5.91 Å². The highest BCUT2D eigenvalue weighted by Crippen LogP contribution is 2.31. The quantitative estimate of drug-likeness (QED) is 0.833. The van der Waals surface area contributed by atoms with Crippen LogP contribution in [0.15, 0.2) is 24.3 Å². The molecule has 1 aromatic carbocycles. The van der Waals surface area contributed by atoms with Crippen LogP contribution in [0.25, 0.3) is 0 Å². The summed E-state index contributed by atoms with van der Waals surface area (Å²) in [4.78, 5) is 11.5. The van der Waals surface area contributed by atoms with Crippen molar-refractivity contribution in [1.29, 1.82) is 0 Å². The van der Waals surface area contributed by atoms with E-state index in [1.54, 1.807) is 6.07 Å². The van der Waals surface area contributed by atoms with Gasteiger partial charge in [-0.05, 0) is 30.9 Å². The number of carbonyl (C=O) groups is 1. The van der Waals surface area contributed by atoms with Crippen LogP contribution < -0.4 is 15.8 Å². The van der Waals surface area contributed by atoms with Gasteiger partial charge in [-0.25, -0.2) is 4.39 Å². The summed E-state index contributed by atoms with van der Waals surface area (Å²) in [5.74, 6) is 0.269. The Bertz CT molecular complexity index is 427. The minimum absolute atomic E-state index is 0. The van der Waals surface area contributed by atoms with Crippen molar-refractivity contribution < 1.29 is 13.9 Å². The van der Waals surface area contributed by atoms with Gasteiger partial charge in [0.2, 0.25) is 0 Å². The molecule has 1 aliphatic carbocycles. The number of amides is 1. The molecule has 6 heteroatoms. The minimum atomic E-state index is -0.385. The van der Waals surface area contributed by atoms with Crippen LogP contribution in [0.3, 0.4) is 0 Å². The van der Waals surface area contributed by atoms with E-state index in [1.165, 1.54) is 18.2 Å². The highest BCUT2D eigenvalue weighted by molar-refractivity contribution is 5.85. The third-order valence-corrected chi connectivity index (χ3v) is 2.93. The maximum atomic E-state index is 12.8. The SMILES string of the molecule is Cl.NC(CNC(=O)COc1cccc(F)c1)C1CC1. The van der Waals surface area contributed by atoms with Gasteiger partial charge in [0, 0.05) is 18.7 Å². The summed E-state index contributed by atoms with van der Waals surface area (Å²) < 4.78 is 18.0. The zero-order chi connectivity index (χ0) is 13.0. The summed E-state index contributed by atoms with van der Waals surface area (Å²) >= 11 is 0. The molecule has 0 aromatic heterocycles. The molecule has 0 heterocycles. The van der Waals surface area contributed by atoms with Crippen molar-refractivity contribution in [3.63, 3.8) is 0 Å². The highest BCUT2D eigenvalue weighted by atomic mass is 35.5. The first-order valence-electron chi connectivity index (χ1n) is 6.06. The Hall–Kier alpha value is -1.33. The fourth-order valence-electron chi connectivity index (χ4n) is 1.68. The van der Waals surface area contributed by atoms with Crippen LogP contribution in [0.4, 0.5) is 4.39 Å². The first-order valence-corrected chi connectivity index (χ1v) is 6.06. The van der Waals surface area contributed by atoms with E-state index in [2.05, 4.69) is 5.32 Å². The molecule has 1 aliphatic rings. The summed E-state index contributed by atoms with van der Waals surface area (Å²) in [5.41, 5.74) is 5.85. The average Bonchev–Trinajstić information content (AvgIpc) is 3.17. The number of ether oxygens (including phenoxy) is 1. The van der Waals surface area contributed by atoms with E-state index in [9.17, 15) is 9.18 Å². The Balaban J connectivity index is 0.00000180. The summed E-state index contributed by atoms with van der Waals surface area (Å²) in [6.45, 7) is 0.344. The molecule has 0 radical (unpaired) electrons. The van der Waals surface area contributed by atoms with Gasteiger partial charge in [-0.3, -0.25) is 4.79 Å². The molecular weight excluding hydrogens is 271 g/mol. The predicted molar refractivity (Wildman–Crippen MR) is 72.9 cm³/mol. The third kappa shape index (κ3) is 5.44. The van der Waals surface area contributed by atoms with Crippen molar-refractivity contribution in [3.05, 3.63) is 30.1 Å². The molecule has 0 spiro atoms. The van der Waals surface area contributed by atoms with Gasteiger partial charge in [-0.2, -0.15) is 0 Å². The van der Waals surface area contributed by atoms with Gasteiger partial charge in [0.15, 0.2) is 6.61 Å². The van der Waals surface area contributed by atoms with Crippen molar-refractivity contribution in [2.45, 2.75) is 18.9 Å². The van der Waals surface area contributed by atoms with E-state index >= 15 is 0 Å². The summed E-state index contributed by atoms with van der Waals surface area (Å²) in [6.07, 6.45) is 2.30. The van der Waals surface area contributed by atoms with Gasteiger partial charge in [-0.1, -0.05) is 6.07 Å². The Morgan fingerprint density at radius 2 is 2.26 bits per heavy atom. The molecule has 0 bridgehead atoms. The van der Waals surface area contributed by atoms with E-state index in [4.69, 9.17) is 10.5 Å². The maximum Gasteiger partial charge on any atom is 0.257 e. The monoisotopic (exact) mass is 288 g/mol. The van der Waals surface area contributed by atoms with Crippen molar-refractivity contribution in [1.82, 2.24) is 5.32 Å². The van der Waals surface area contributed by atoms with Gasteiger partial charge < -0.3 is 15.8 Å². The minimum Gasteiger partial charge on any atom is -0.484 e. The second-order valence-corrected chi connectivity index (χ2v) is 4.55. The molecular formula is C13H18ClFN2O2. The summed E-state index contributed by atoms with van der Waals surface area (Å²) in [5, 5.41) is 2.71. The van der Waals surface area contributed by atoms with Crippen LogP contribution in [0.5, 0.6) is 5.75 Å². The standard InChI is InChI=1S/C13H17FN2O2.ClH/c14-10-2-1-3-11(6-10)18-8-13(17)16-7-12(15)9-4-5-9;/h1-3,6,9,12H,4-5,7-8,15H2,(H,16,17);1H. The first kappa shape index (κ1) is 15.7. The molecule has 1 unspecified atom stereocenters. The molecule has 106 valence electrons. The maximum absolute atomic E-state index is 12.8. The fourth-order valence-corrected chi connectivity index (χ4v) is 1.68. The molecule has 1 saturated carbocycles. The molecule has 1 fully saturated rings. The Morgan fingerprint density at radius 1 is 1.53 bits per heavy atom. The number of hydrogen-bond acceptors (Lipinski definition) is 3. The number of rotatable bonds is 6. The second-order valence-electron chi connectivity index (χ2n) is 4.55. The van der Waals surface area contributed by atoms with Gasteiger partial charge in [0.05, 0.1) is 0 Å². The number of nitrogens with one attached hydrogen (secondary N) is 1. The summed E-state index contributed by atoms with van der Waals surface area (Å²) in [7, 11) is 0. The van der Waals surface area contributed by atoms with Gasteiger partial charge >= 0.3 is 0 Å². The van der Waals surface area contributed by atoms with Crippen molar-refractivity contribution in [3.8, 4) is 5.75 Å². The lowest BCUT2D eigenvalue weighted by Gasteiger charge is -2.12. The molecule has 4 nitrogen and oxygen atoms in total. The molecule has 19 heavy (non-hydrogen) atoms. The largest absolute Gasteiger partial charge is 0.484 e. The number of halogens is 2. The first-order chi connectivity index (χ1) is 8.65. The molecule has 0 saturated heterocycles. The molecule has 2 rings (SSSR count). The smallest absolute Gasteiger partial charge is 0.257 e. The van der Waals surface area contributed by atoms with Crippen LogP contribution in [0.1, 0.15) is 12.8 Å². The van der Waals surface area contributed by atoms with Gasteiger partial charge in [0.1, 0.15) is 11.6 Å².